The highest BCUT2D eigenvalue weighted by atomic mass is 16.5. The van der Waals surface area contributed by atoms with Gasteiger partial charge in [0.25, 0.3) is 5.91 Å². The van der Waals surface area contributed by atoms with Gasteiger partial charge in [-0.2, -0.15) is 5.26 Å². The van der Waals surface area contributed by atoms with Crippen LogP contribution in [0.5, 0.6) is 0 Å². The van der Waals surface area contributed by atoms with E-state index in [9.17, 15) is 4.79 Å². The summed E-state index contributed by atoms with van der Waals surface area (Å²) >= 11 is 0. The first-order chi connectivity index (χ1) is 11.3. The van der Waals surface area contributed by atoms with E-state index in [1.165, 1.54) is 6.33 Å². The summed E-state index contributed by atoms with van der Waals surface area (Å²) < 4.78 is 5.35. The monoisotopic (exact) mass is 308 g/mol. The molecule has 1 saturated heterocycles. The largest absolute Gasteiger partial charge is 0.381 e. The molecule has 2 heterocycles. The van der Waals surface area contributed by atoms with Crippen molar-refractivity contribution in [3.8, 4) is 6.07 Å². The van der Waals surface area contributed by atoms with E-state index in [0.717, 1.165) is 18.5 Å². The fourth-order valence-electron chi connectivity index (χ4n) is 2.59. The molecule has 0 radical (unpaired) electrons. The van der Waals surface area contributed by atoms with Crippen molar-refractivity contribution in [2.75, 3.05) is 18.5 Å². The van der Waals surface area contributed by atoms with E-state index >= 15 is 0 Å². The van der Waals surface area contributed by atoms with Gasteiger partial charge in [0.05, 0.1) is 11.3 Å². The van der Waals surface area contributed by atoms with E-state index in [-0.39, 0.29) is 5.91 Å². The molecule has 6 heteroatoms. The number of para-hydroxylation sites is 1. The zero-order chi connectivity index (χ0) is 16.1. The van der Waals surface area contributed by atoms with Gasteiger partial charge in [-0.3, -0.25) is 4.79 Å². The van der Waals surface area contributed by atoms with Gasteiger partial charge in [-0.15, -0.1) is 0 Å². The maximum Gasteiger partial charge on any atom is 0.274 e. The Morgan fingerprint density at radius 1 is 1.26 bits per heavy atom. The number of carbonyl (C=O) groups excluding carboxylic acids is 1. The number of hydrogen-bond donors (Lipinski definition) is 1. The average Bonchev–Trinajstić information content (AvgIpc) is 2.63. The number of ether oxygens (including phenoxy) is 1. The number of nitriles is 1. The second-order valence-electron chi connectivity index (χ2n) is 5.33. The van der Waals surface area contributed by atoms with Gasteiger partial charge in [0, 0.05) is 24.8 Å². The molecule has 1 fully saturated rings. The first-order valence-electron chi connectivity index (χ1n) is 7.48. The van der Waals surface area contributed by atoms with Crippen LogP contribution in [0.4, 0.5) is 5.69 Å². The number of hydrogen-bond acceptors (Lipinski definition) is 5. The molecule has 6 nitrogen and oxygen atoms in total. The molecule has 116 valence electrons. The maximum atomic E-state index is 12.4. The molecule has 1 aliphatic rings. The topological polar surface area (TPSA) is 87.9 Å². The van der Waals surface area contributed by atoms with Crippen molar-refractivity contribution >= 4 is 11.6 Å². The van der Waals surface area contributed by atoms with Crippen LogP contribution in [-0.4, -0.2) is 29.1 Å². The first-order valence-corrected chi connectivity index (χ1v) is 7.48. The molecule has 1 N–H and O–H groups in total. The Morgan fingerprint density at radius 2 is 2.04 bits per heavy atom. The highest BCUT2D eigenvalue weighted by molar-refractivity contribution is 6.03. The summed E-state index contributed by atoms with van der Waals surface area (Å²) in [4.78, 5) is 20.7. The maximum absolute atomic E-state index is 12.4. The third-order valence-electron chi connectivity index (χ3n) is 3.86. The van der Waals surface area contributed by atoms with Gasteiger partial charge in [-0.1, -0.05) is 12.1 Å². The van der Waals surface area contributed by atoms with Gasteiger partial charge in [0.2, 0.25) is 0 Å². The molecule has 0 spiro atoms. The highest BCUT2D eigenvalue weighted by Crippen LogP contribution is 2.25. The van der Waals surface area contributed by atoms with Crippen molar-refractivity contribution in [2.45, 2.75) is 18.8 Å². The minimum absolute atomic E-state index is 0.296. The minimum Gasteiger partial charge on any atom is -0.381 e. The number of amides is 1. The molecule has 0 aliphatic carbocycles. The van der Waals surface area contributed by atoms with Crippen molar-refractivity contribution < 1.29 is 9.53 Å². The number of rotatable bonds is 3. The Bertz CT molecular complexity index is 748. The third-order valence-corrected chi connectivity index (χ3v) is 3.86. The Kier molecular flexibility index (Phi) is 4.60. The van der Waals surface area contributed by atoms with Crippen molar-refractivity contribution in [1.82, 2.24) is 9.97 Å². The summed E-state index contributed by atoms with van der Waals surface area (Å²) in [5, 5.41) is 11.8. The van der Waals surface area contributed by atoms with Gasteiger partial charge in [0.1, 0.15) is 18.1 Å². The van der Waals surface area contributed by atoms with Crippen molar-refractivity contribution in [3.05, 3.63) is 53.6 Å². The Morgan fingerprint density at radius 3 is 2.83 bits per heavy atom. The van der Waals surface area contributed by atoms with Crippen molar-refractivity contribution in [3.63, 3.8) is 0 Å². The molecule has 23 heavy (non-hydrogen) atoms. The lowest BCUT2D eigenvalue weighted by Gasteiger charge is -2.21. The molecule has 1 aromatic heterocycles. The quantitative estimate of drug-likeness (QED) is 0.941. The molecular weight excluding hydrogens is 292 g/mol. The van der Waals surface area contributed by atoms with Gasteiger partial charge in [0.15, 0.2) is 0 Å². The fourth-order valence-corrected chi connectivity index (χ4v) is 2.59. The SMILES string of the molecule is N#Cc1ccccc1NC(=O)c1cc(C2CCOCC2)ncn1. The molecule has 0 bridgehead atoms. The van der Waals surface area contributed by atoms with E-state index in [1.807, 2.05) is 0 Å². The van der Waals surface area contributed by atoms with Crippen LogP contribution in [0.3, 0.4) is 0 Å². The minimum atomic E-state index is -0.344. The molecule has 1 aliphatic heterocycles. The summed E-state index contributed by atoms with van der Waals surface area (Å²) in [6.45, 7) is 1.43. The van der Waals surface area contributed by atoms with Gasteiger partial charge >= 0.3 is 0 Å². The second-order valence-corrected chi connectivity index (χ2v) is 5.33. The van der Waals surface area contributed by atoms with Crippen LogP contribution in [0.15, 0.2) is 36.7 Å². The van der Waals surface area contributed by atoms with Crippen LogP contribution >= 0.6 is 0 Å². The molecule has 1 amide bonds. The average molecular weight is 308 g/mol. The van der Waals surface area contributed by atoms with Crippen LogP contribution in [0.25, 0.3) is 0 Å². The van der Waals surface area contributed by atoms with Gasteiger partial charge < -0.3 is 10.1 Å². The predicted molar refractivity (Wildman–Crippen MR) is 83.9 cm³/mol. The highest BCUT2D eigenvalue weighted by Gasteiger charge is 2.19. The Balaban J connectivity index is 1.78. The summed E-state index contributed by atoms with van der Waals surface area (Å²) in [7, 11) is 0. The van der Waals surface area contributed by atoms with Crippen LogP contribution in [0.1, 0.15) is 40.5 Å². The second kappa shape index (κ2) is 6.99. The Labute approximate surface area is 134 Å². The van der Waals surface area contributed by atoms with Crippen LogP contribution in [-0.2, 0) is 4.74 Å². The lowest BCUT2D eigenvalue weighted by molar-refractivity contribution is 0.0844. The zero-order valence-corrected chi connectivity index (χ0v) is 12.5. The van der Waals surface area contributed by atoms with E-state index in [2.05, 4.69) is 21.4 Å². The summed E-state index contributed by atoms with van der Waals surface area (Å²) in [5.41, 5.74) is 2.06. The molecule has 3 rings (SSSR count). The number of benzene rings is 1. The molecule has 0 saturated carbocycles. The summed E-state index contributed by atoms with van der Waals surface area (Å²) in [5.74, 6) is -0.0481. The molecule has 0 unspecified atom stereocenters. The smallest absolute Gasteiger partial charge is 0.274 e. The number of aromatic nitrogens is 2. The number of anilines is 1. The molecule has 0 atom stereocenters. The predicted octanol–water partition coefficient (Wildman–Crippen LogP) is 2.49. The lowest BCUT2D eigenvalue weighted by Crippen LogP contribution is -2.18. The number of nitrogens with one attached hydrogen (secondary N) is 1. The number of nitrogens with zero attached hydrogens (tertiary/aromatic N) is 3. The fraction of sp³-hybridized carbons (Fsp3) is 0.294. The lowest BCUT2D eigenvalue weighted by atomic mass is 9.96. The normalized spacial score (nSPS) is 14.9. The molecule has 2 aromatic rings. The Hall–Kier alpha value is -2.78. The summed E-state index contributed by atoms with van der Waals surface area (Å²) in [6, 6.07) is 10.6. The number of carbonyl (C=O) groups is 1. The van der Waals surface area contributed by atoms with Crippen molar-refractivity contribution in [2.24, 2.45) is 0 Å². The molecule has 1 aromatic carbocycles. The van der Waals surface area contributed by atoms with Crippen LogP contribution in [0.2, 0.25) is 0 Å². The summed E-state index contributed by atoms with van der Waals surface area (Å²) in [6.07, 6.45) is 3.21. The van der Waals surface area contributed by atoms with E-state index in [1.54, 1.807) is 30.3 Å². The third kappa shape index (κ3) is 3.52. The van der Waals surface area contributed by atoms with Crippen LogP contribution in [0, 0.1) is 11.3 Å². The van der Waals surface area contributed by atoms with E-state index in [4.69, 9.17) is 10.00 Å². The first kappa shape index (κ1) is 15.1. The van der Waals surface area contributed by atoms with Gasteiger partial charge in [-0.25, -0.2) is 9.97 Å². The zero-order valence-electron chi connectivity index (χ0n) is 12.5. The van der Waals surface area contributed by atoms with Crippen molar-refractivity contribution in [1.29, 1.82) is 5.26 Å². The standard InChI is InChI=1S/C17H16N4O2/c18-10-13-3-1-2-4-14(13)21-17(22)16-9-15(19-11-20-16)12-5-7-23-8-6-12/h1-4,9,11-12H,5-8H2,(H,21,22). The van der Waals surface area contributed by atoms with E-state index in [0.29, 0.717) is 36.1 Å². The van der Waals surface area contributed by atoms with Gasteiger partial charge in [-0.05, 0) is 31.0 Å². The van der Waals surface area contributed by atoms with Crippen LogP contribution < -0.4 is 5.32 Å². The van der Waals surface area contributed by atoms with E-state index < -0.39 is 0 Å². The molecular formula is C17H16N4O2.